The zero-order chi connectivity index (χ0) is 16.0. The molecule has 1 rings (SSSR count). The minimum absolute atomic E-state index is 0.330. The number of para-hydroxylation sites is 1. The zero-order valence-corrected chi connectivity index (χ0v) is 13.6. The third kappa shape index (κ3) is 5.32. The van der Waals surface area contributed by atoms with Gasteiger partial charge in [-0.05, 0) is 12.1 Å². The maximum atomic E-state index is 11.8. The summed E-state index contributed by atoms with van der Waals surface area (Å²) in [5.74, 6) is -2.08. The van der Waals surface area contributed by atoms with Gasteiger partial charge in [0.2, 0.25) is 5.85 Å². The van der Waals surface area contributed by atoms with Crippen molar-refractivity contribution in [3.05, 3.63) is 29.3 Å². The average Bonchev–Trinajstić information content (AvgIpc) is 2.43. The van der Waals surface area contributed by atoms with Crippen molar-refractivity contribution in [2.75, 3.05) is 13.7 Å². The Hall–Kier alpha value is -1.07. The van der Waals surface area contributed by atoms with Gasteiger partial charge in [-0.1, -0.05) is 37.6 Å². The quantitative estimate of drug-likeness (QED) is 0.608. The van der Waals surface area contributed by atoms with Gasteiger partial charge in [-0.3, -0.25) is 4.57 Å². The molecule has 0 aliphatic heterocycles. The molecule has 0 spiro atoms. The Morgan fingerprint density at radius 2 is 2.00 bits per heavy atom. The fourth-order valence-electron chi connectivity index (χ4n) is 1.55. The lowest BCUT2D eigenvalue weighted by Crippen LogP contribution is -2.27. The van der Waals surface area contributed by atoms with Gasteiger partial charge in [0.05, 0.1) is 5.02 Å². The zero-order valence-electron chi connectivity index (χ0n) is 12.0. The monoisotopic (exact) mass is 336 g/mol. The summed E-state index contributed by atoms with van der Waals surface area (Å²) in [7, 11) is -2.94. The van der Waals surface area contributed by atoms with E-state index >= 15 is 0 Å². The summed E-state index contributed by atoms with van der Waals surface area (Å²) in [6.07, 6.45) is 0. The molecule has 8 heteroatoms. The summed E-state index contributed by atoms with van der Waals surface area (Å²) < 4.78 is 26.5. The number of benzene rings is 1. The fourth-order valence-corrected chi connectivity index (χ4v) is 2.95. The average molecular weight is 337 g/mol. The molecule has 1 N–H and O–H groups in total. The standard InChI is InChI=1S/C13H18ClO6P/c1-9(2)13(21(16,17)18-3)20-12(15)8-19-11-7-5-4-6-10(11)14/h4-7,9,13H,8H2,1-3H3,(H,16,17). The SMILES string of the molecule is COP(=O)(O)C(OC(=O)COc1ccccc1Cl)C(C)C. The van der Waals surface area contributed by atoms with Gasteiger partial charge < -0.3 is 18.9 Å². The van der Waals surface area contributed by atoms with Gasteiger partial charge in [-0.2, -0.15) is 0 Å². The molecule has 0 aliphatic carbocycles. The first-order valence-electron chi connectivity index (χ1n) is 6.23. The number of carbonyl (C=O) groups is 1. The Balaban J connectivity index is 2.64. The molecular formula is C13H18ClO6P. The van der Waals surface area contributed by atoms with Gasteiger partial charge >= 0.3 is 13.6 Å². The highest BCUT2D eigenvalue weighted by molar-refractivity contribution is 7.53. The maximum absolute atomic E-state index is 11.8. The molecule has 1 aromatic carbocycles. The summed E-state index contributed by atoms with van der Waals surface area (Å²) in [5, 5.41) is 0.357. The molecule has 2 atom stereocenters. The second kappa shape index (κ2) is 7.80. The van der Waals surface area contributed by atoms with Crippen molar-refractivity contribution >= 4 is 25.2 Å². The Morgan fingerprint density at radius 1 is 1.38 bits per heavy atom. The Morgan fingerprint density at radius 3 is 2.52 bits per heavy atom. The molecule has 0 fully saturated rings. The Labute approximate surface area is 128 Å². The van der Waals surface area contributed by atoms with Crippen LogP contribution in [-0.2, 0) is 18.6 Å². The highest BCUT2D eigenvalue weighted by Gasteiger charge is 2.37. The lowest BCUT2D eigenvalue weighted by Gasteiger charge is -2.24. The van der Waals surface area contributed by atoms with Gasteiger partial charge in [0.25, 0.3) is 0 Å². The first-order valence-corrected chi connectivity index (χ1v) is 8.25. The van der Waals surface area contributed by atoms with E-state index in [4.69, 9.17) is 21.1 Å². The van der Waals surface area contributed by atoms with E-state index in [1.54, 1.807) is 38.1 Å². The second-order valence-electron chi connectivity index (χ2n) is 4.59. The van der Waals surface area contributed by atoms with Gasteiger partial charge in [-0.25, -0.2) is 4.79 Å². The van der Waals surface area contributed by atoms with Crippen molar-refractivity contribution in [3.63, 3.8) is 0 Å². The smallest absolute Gasteiger partial charge is 0.368 e. The van der Waals surface area contributed by atoms with Crippen LogP contribution in [0.4, 0.5) is 0 Å². The first kappa shape index (κ1) is 18.0. The molecule has 0 bridgehead atoms. The third-order valence-corrected chi connectivity index (χ3v) is 4.77. The number of halogens is 1. The summed E-state index contributed by atoms with van der Waals surface area (Å²) >= 11 is 5.88. The second-order valence-corrected chi connectivity index (χ2v) is 7.00. The maximum Gasteiger partial charge on any atom is 0.368 e. The number of carbonyl (C=O) groups excluding carboxylic acids is 1. The molecule has 0 saturated carbocycles. The number of hydrogen-bond donors (Lipinski definition) is 1. The van der Waals surface area contributed by atoms with Crippen LogP contribution in [0.1, 0.15) is 13.8 Å². The number of esters is 1. The normalized spacial score (nSPS) is 15.3. The lowest BCUT2D eigenvalue weighted by atomic mass is 10.2. The minimum atomic E-state index is -4.02. The first-order chi connectivity index (χ1) is 9.77. The minimum Gasteiger partial charge on any atom is -0.480 e. The van der Waals surface area contributed by atoms with Crippen LogP contribution in [0.3, 0.4) is 0 Å². The van der Waals surface area contributed by atoms with Crippen molar-refractivity contribution in [1.29, 1.82) is 0 Å². The summed E-state index contributed by atoms with van der Waals surface area (Å²) in [4.78, 5) is 21.4. The molecule has 0 aliphatic rings. The molecule has 0 heterocycles. The van der Waals surface area contributed by atoms with Gasteiger partial charge in [0.1, 0.15) is 5.75 Å². The lowest BCUT2D eigenvalue weighted by molar-refractivity contribution is -0.150. The van der Waals surface area contributed by atoms with Crippen LogP contribution in [-0.4, -0.2) is 30.4 Å². The van der Waals surface area contributed by atoms with E-state index in [-0.39, 0.29) is 5.92 Å². The van der Waals surface area contributed by atoms with E-state index in [1.807, 2.05) is 0 Å². The van der Waals surface area contributed by atoms with Crippen LogP contribution < -0.4 is 4.74 Å². The van der Waals surface area contributed by atoms with Crippen LogP contribution in [0, 0.1) is 5.92 Å². The topological polar surface area (TPSA) is 82.1 Å². The van der Waals surface area contributed by atoms with E-state index in [2.05, 4.69) is 4.52 Å². The van der Waals surface area contributed by atoms with E-state index in [0.717, 1.165) is 7.11 Å². The highest BCUT2D eigenvalue weighted by atomic mass is 35.5. The van der Waals surface area contributed by atoms with Crippen molar-refractivity contribution < 1.29 is 28.3 Å². The van der Waals surface area contributed by atoms with Crippen LogP contribution in [0.2, 0.25) is 5.02 Å². The number of hydrogen-bond acceptors (Lipinski definition) is 5. The van der Waals surface area contributed by atoms with Crippen molar-refractivity contribution in [1.82, 2.24) is 0 Å². The molecule has 6 nitrogen and oxygen atoms in total. The van der Waals surface area contributed by atoms with Crippen LogP contribution in [0.5, 0.6) is 5.75 Å². The van der Waals surface area contributed by atoms with E-state index < -0.39 is 26.0 Å². The summed E-state index contributed by atoms with van der Waals surface area (Å²) in [6, 6.07) is 6.65. The van der Waals surface area contributed by atoms with Crippen LogP contribution >= 0.6 is 19.2 Å². The van der Waals surface area contributed by atoms with E-state index in [0.29, 0.717) is 10.8 Å². The number of ether oxygens (including phenoxy) is 2. The summed E-state index contributed by atoms with van der Waals surface area (Å²) in [6.45, 7) is 2.88. The molecule has 0 saturated heterocycles. The molecule has 0 aromatic heterocycles. The van der Waals surface area contributed by atoms with Gasteiger partial charge in [-0.15, -0.1) is 0 Å². The number of rotatable bonds is 7. The molecule has 2 unspecified atom stereocenters. The van der Waals surface area contributed by atoms with Crippen LogP contribution in [0.25, 0.3) is 0 Å². The van der Waals surface area contributed by atoms with Crippen LogP contribution in [0.15, 0.2) is 24.3 Å². The molecule has 0 radical (unpaired) electrons. The molecule has 1 aromatic rings. The third-order valence-electron chi connectivity index (χ3n) is 2.59. The molecular weight excluding hydrogens is 319 g/mol. The predicted octanol–water partition coefficient (Wildman–Crippen LogP) is 3.08. The van der Waals surface area contributed by atoms with E-state index in [1.165, 1.54) is 0 Å². The van der Waals surface area contributed by atoms with Gasteiger partial charge in [0, 0.05) is 13.0 Å². The largest absolute Gasteiger partial charge is 0.480 e. The fraction of sp³-hybridized carbons (Fsp3) is 0.462. The molecule has 21 heavy (non-hydrogen) atoms. The Bertz CT molecular complexity index is 533. The van der Waals surface area contributed by atoms with Crippen molar-refractivity contribution in [2.45, 2.75) is 19.7 Å². The van der Waals surface area contributed by atoms with Crippen molar-refractivity contribution in [2.24, 2.45) is 5.92 Å². The van der Waals surface area contributed by atoms with Gasteiger partial charge in [0.15, 0.2) is 6.61 Å². The molecule has 118 valence electrons. The highest BCUT2D eigenvalue weighted by Crippen LogP contribution is 2.50. The predicted molar refractivity (Wildman–Crippen MR) is 78.5 cm³/mol. The Kier molecular flexibility index (Phi) is 6.68. The van der Waals surface area contributed by atoms with Crippen molar-refractivity contribution in [3.8, 4) is 5.75 Å². The molecule has 0 amide bonds. The summed E-state index contributed by atoms with van der Waals surface area (Å²) in [5.41, 5.74) is 0. The van der Waals surface area contributed by atoms with E-state index in [9.17, 15) is 14.3 Å².